The highest BCUT2D eigenvalue weighted by Gasteiger charge is 2.29. The number of fused-ring (bicyclic) bond motifs is 1. The molecule has 1 amide bonds. The first-order valence-corrected chi connectivity index (χ1v) is 7.64. The van der Waals surface area contributed by atoms with Gasteiger partial charge in [0.1, 0.15) is 5.82 Å². The molecule has 24 heavy (non-hydrogen) atoms. The number of carbonyl (C=O) groups excluding carboxylic acids is 2. The Morgan fingerprint density at radius 2 is 2.00 bits per heavy atom. The van der Waals surface area contributed by atoms with E-state index < -0.39 is 5.97 Å². The van der Waals surface area contributed by atoms with Crippen LogP contribution < -0.4 is 0 Å². The lowest BCUT2D eigenvalue weighted by molar-refractivity contribution is 0.0600. The molecule has 0 spiro atoms. The van der Waals surface area contributed by atoms with Crippen LogP contribution in [-0.4, -0.2) is 35.4 Å². The second-order valence-electron chi connectivity index (χ2n) is 5.72. The molecule has 1 aromatic carbocycles. The van der Waals surface area contributed by atoms with Crippen LogP contribution in [0.4, 0.5) is 4.39 Å². The van der Waals surface area contributed by atoms with Crippen molar-refractivity contribution in [2.75, 3.05) is 13.7 Å². The summed E-state index contributed by atoms with van der Waals surface area (Å²) in [6.07, 6.45) is 3.38. The maximum absolute atomic E-state index is 13.4. The zero-order chi connectivity index (χ0) is 17.3. The minimum Gasteiger partial charge on any atom is -0.465 e. The van der Waals surface area contributed by atoms with Gasteiger partial charge in [0.15, 0.2) is 0 Å². The van der Waals surface area contributed by atoms with E-state index in [2.05, 4.69) is 9.72 Å². The summed E-state index contributed by atoms with van der Waals surface area (Å²) >= 11 is 0. The van der Waals surface area contributed by atoms with E-state index in [-0.39, 0.29) is 23.3 Å². The molecule has 0 bridgehead atoms. The van der Waals surface area contributed by atoms with Gasteiger partial charge in [0, 0.05) is 18.9 Å². The van der Waals surface area contributed by atoms with Gasteiger partial charge in [-0.1, -0.05) is 6.07 Å². The monoisotopic (exact) mass is 328 g/mol. The van der Waals surface area contributed by atoms with Crippen molar-refractivity contribution in [1.29, 1.82) is 0 Å². The second-order valence-corrected chi connectivity index (χ2v) is 5.72. The molecule has 0 aliphatic carbocycles. The Morgan fingerprint density at radius 1 is 1.25 bits per heavy atom. The van der Waals surface area contributed by atoms with Crippen molar-refractivity contribution in [2.45, 2.75) is 19.4 Å². The molecule has 124 valence electrons. The Labute approximate surface area is 139 Å². The van der Waals surface area contributed by atoms with E-state index in [1.165, 1.54) is 37.7 Å². The number of hydrogen-bond donors (Lipinski definition) is 0. The Bertz CT molecular complexity index is 807. The topological polar surface area (TPSA) is 59.5 Å². The molecule has 1 aliphatic rings. The first kappa shape index (κ1) is 16.1. The molecular formula is C18H17FN2O3. The number of amides is 1. The SMILES string of the molecule is COC(=O)c1cncc(C(=O)N2CCc3cc(F)ccc3C2C)c1. The van der Waals surface area contributed by atoms with Crippen LogP contribution in [0.1, 0.15) is 44.8 Å². The molecule has 3 rings (SSSR count). The fourth-order valence-corrected chi connectivity index (χ4v) is 3.03. The van der Waals surface area contributed by atoms with Crippen molar-refractivity contribution in [3.63, 3.8) is 0 Å². The predicted molar refractivity (Wildman–Crippen MR) is 85.1 cm³/mol. The number of rotatable bonds is 2. The van der Waals surface area contributed by atoms with E-state index in [9.17, 15) is 14.0 Å². The number of pyridine rings is 1. The van der Waals surface area contributed by atoms with Gasteiger partial charge >= 0.3 is 5.97 Å². The number of nitrogens with zero attached hydrogens (tertiary/aromatic N) is 2. The van der Waals surface area contributed by atoms with Crippen LogP contribution >= 0.6 is 0 Å². The Kier molecular flexibility index (Phi) is 4.29. The van der Waals surface area contributed by atoms with Crippen LogP contribution in [0, 0.1) is 5.82 Å². The number of ether oxygens (including phenoxy) is 1. The summed E-state index contributed by atoms with van der Waals surface area (Å²) < 4.78 is 18.0. The molecule has 6 heteroatoms. The summed E-state index contributed by atoms with van der Waals surface area (Å²) in [5, 5.41) is 0. The maximum atomic E-state index is 13.4. The standard InChI is InChI=1S/C18H17FN2O3/c1-11-16-4-3-15(19)8-12(16)5-6-21(11)17(22)13-7-14(10-20-9-13)18(23)24-2/h3-4,7-11H,5-6H2,1-2H3. The lowest BCUT2D eigenvalue weighted by Gasteiger charge is -2.35. The highest BCUT2D eigenvalue weighted by molar-refractivity contribution is 5.97. The number of methoxy groups -OCH3 is 1. The van der Waals surface area contributed by atoms with Crippen LogP contribution in [0.15, 0.2) is 36.7 Å². The van der Waals surface area contributed by atoms with Crippen molar-refractivity contribution in [2.24, 2.45) is 0 Å². The Balaban J connectivity index is 1.88. The minimum atomic E-state index is -0.537. The largest absolute Gasteiger partial charge is 0.465 e. The van der Waals surface area contributed by atoms with Gasteiger partial charge in [0.05, 0.1) is 24.3 Å². The molecule has 1 unspecified atom stereocenters. The number of carbonyl (C=O) groups is 2. The molecule has 1 aromatic heterocycles. The third-order valence-corrected chi connectivity index (χ3v) is 4.31. The molecule has 5 nitrogen and oxygen atoms in total. The smallest absolute Gasteiger partial charge is 0.339 e. The third-order valence-electron chi connectivity index (χ3n) is 4.31. The summed E-state index contributed by atoms with van der Waals surface area (Å²) in [5.74, 6) is -1.02. The lowest BCUT2D eigenvalue weighted by atomic mass is 9.93. The first-order valence-electron chi connectivity index (χ1n) is 7.64. The zero-order valence-corrected chi connectivity index (χ0v) is 13.5. The fraction of sp³-hybridized carbons (Fsp3) is 0.278. The van der Waals surface area contributed by atoms with Gasteiger partial charge < -0.3 is 9.64 Å². The van der Waals surface area contributed by atoms with Crippen LogP contribution in [-0.2, 0) is 11.2 Å². The van der Waals surface area contributed by atoms with Crippen LogP contribution in [0.2, 0.25) is 0 Å². The fourth-order valence-electron chi connectivity index (χ4n) is 3.03. The summed E-state index contributed by atoms with van der Waals surface area (Å²) in [6.45, 7) is 2.39. The molecule has 0 saturated heterocycles. The number of esters is 1. The van der Waals surface area contributed by atoms with Gasteiger partial charge in [0.2, 0.25) is 0 Å². The quantitative estimate of drug-likeness (QED) is 0.796. The highest BCUT2D eigenvalue weighted by Crippen LogP contribution is 2.31. The molecule has 0 fully saturated rings. The van der Waals surface area contributed by atoms with Gasteiger partial charge in [-0.15, -0.1) is 0 Å². The zero-order valence-electron chi connectivity index (χ0n) is 13.5. The summed E-state index contributed by atoms with van der Waals surface area (Å²) in [7, 11) is 1.28. The first-order chi connectivity index (χ1) is 11.5. The molecule has 0 N–H and O–H groups in total. The molecule has 2 heterocycles. The van der Waals surface area contributed by atoms with Gasteiger partial charge in [-0.3, -0.25) is 9.78 Å². The number of aromatic nitrogens is 1. The molecule has 2 aromatic rings. The van der Waals surface area contributed by atoms with E-state index in [0.29, 0.717) is 18.5 Å². The van der Waals surface area contributed by atoms with Crippen molar-refractivity contribution < 1.29 is 18.7 Å². The third kappa shape index (κ3) is 2.87. The average Bonchev–Trinajstić information content (AvgIpc) is 2.60. The summed E-state index contributed by atoms with van der Waals surface area (Å²) in [4.78, 5) is 30.1. The Hall–Kier alpha value is -2.76. The molecule has 0 saturated carbocycles. The number of hydrogen-bond acceptors (Lipinski definition) is 4. The molecule has 0 radical (unpaired) electrons. The Morgan fingerprint density at radius 3 is 2.75 bits per heavy atom. The molecular weight excluding hydrogens is 311 g/mol. The molecule has 1 atom stereocenters. The molecule has 1 aliphatic heterocycles. The van der Waals surface area contributed by atoms with Gasteiger partial charge in [-0.25, -0.2) is 9.18 Å². The van der Waals surface area contributed by atoms with E-state index in [4.69, 9.17) is 0 Å². The maximum Gasteiger partial charge on any atom is 0.339 e. The van der Waals surface area contributed by atoms with Gasteiger partial charge in [0.25, 0.3) is 5.91 Å². The predicted octanol–water partition coefficient (Wildman–Crippen LogP) is 2.77. The van der Waals surface area contributed by atoms with E-state index in [1.807, 2.05) is 6.92 Å². The number of benzene rings is 1. The highest BCUT2D eigenvalue weighted by atomic mass is 19.1. The van der Waals surface area contributed by atoms with Gasteiger partial charge in [-0.05, 0) is 42.7 Å². The van der Waals surface area contributed by atoms with Gasteiger partial charge in [-0.2, -0.15) is 0 Å². The van der Waals surface area contributed by atoms with E-state index in [1.54, 1.807) is 11.0 Å². The summed E-state index contributed by atoms with van der Waals surface area (Å²) in [5.41, 5.74) is 2.42. The minimum absolute atomic E-state index is 0.177. The number of halogens is 1. The van der Waals surface area contributed by atoms with Crippen molar-refractivity contribution in [1.82, 2.24) is 9.88 Å². The summed E-state index contributed by atoms with van der Waals surface area (Å²) in [6, 6.07) is 5.95. The van der Waals surface area contributed by atoms with Crippen molar-refractivity contribution >= 4 is 11.9 Å². The van der Waals surface area contributed by atoms with Crippen LogP contribution in [0.25, 0.3) is 0 Å². The average molecular weight is 328 g/mol. The van der Waals surface area contributed by atoms with Crippen molar-refractivity contribution in [3.05, 3.63) is 64.7 Å². The van der Waals surface area contributed by atoms with Crippen LogP contribution in [0.5, 0.6) is 0 Å². The van der Waals surface area contributed by atoms with Crippen molar-refractivity contribution in [3.8, 4) is 0 Å². The second kappa shape index (κ2) is 6.39. The van der Waals surface area contributed by atoms with Crippen LogP contribution in [0.3, 0.4) is 0 Å². The van der Waals surface area contributed by atoms with E-state index >= 15 is 0 Å². The normalized spacial score (nSPS) is 16.5. The lowest BCUT2D eigenvalue weighted by Crippen LogP contribution is -2.39. The van der Waals surface area contributed by atoms with E-state index in [0.717, 1.165) is 11.1 Å².